The van der Waals surface area contributed by atoms with Crippen molar-refractivity contribution in [2.75, 3.05) is 20.3 Å². The van der Waals surface area contributed by atoms with Crippen LogP contribution in [-0.2, 0) is 14.3 Å². The van der Waals surface area contributed by atoms with E-state index in [9.17, 15) is 14.7 Å². The predicted octanol–water partition coefficient (Wildman–Crippen LogP) is 5.16. The molecule has 178 valence electrons. The maximum absolute atomic E-state index is 11.9. The predicted molar refractivity (Wildman–Crippen MR) is 134 cm³/mol. The van der Waals surface area contributed by atoms with Gasteiger partial charge < -0.3 is 23.7 Å². The van der Waals surface area contributed by atoms with Crippen molar-refractivity contribution in [3.63, 3.8) is 0 Å². The normalized spacial score (nSPS) is 11.2. The van der Waals surface area contributed by atoms with E-state index >= 15 is 0 Å². The first-order valence-electron chi connectivity index (χ1n) is 9.69. The van der Waals surface area contributed by atoms with Gasteiger partial charge in [0.15, 0.2) is 18.1 Å². The molecule has 0 unspecified atom stereocenters. The first-order chi connectivity index (χ1) is 16.3. The molecule has 1 N–H and O–H groups in total. The first-order valence-corrected chi connectivity index (χ1v) is 12.0. The maximum atomic E-state index is 11.9. The second-order valence-corrected chi connectivity index (χ2v) is 9.02. The molecule has 1 heterocycles. The van der Waals surface area contributed by atoms with E-state index in [-0.39, 0.29) is 29.2 Å². The molecule has 0 saturated heterocycles. The van der Waals surface area contributed by atoms with Crippen LogP contribution in [-0.4, -0.2) is 47.6 Å². The van der Waals surface area contributed by atoms with Crippen LogP contribution >= 0.6 is 46.0 Å². The quantitative estimate of drug-likeness (QED) is 0.141. The van der Waals surface area contributed by atoms with Gasteiger partial charge in [0.25, 0.3) is 5.22 Å². The van der Waals surface area contributed by atoms with Gasteiger partial charge in [0.05, 0.1) is 17.3 Å². The van der Waals surface area contributed by atoms with Crippen LogP contribution in [0.4, 0.5) is 0 Å². The maximum Gasteiger partial charge on any atom is 0.344 e. The summed E-state index contributed by atoms with van der Waals surface area (Å²) in [7, 11) is 1.44. The van der Waals surface area contributed by atoms with E-state index in [2.05, 4.69) is 10.2 Å². The number of carboxylic acid groups (broad SMARTS) is 1. The van der Waals surface area contributed by atoms with Crippen LogP contribution in [0.3, 0.4) is 0 Å². The number of methoxy groups -OCH3 is 1. The molecule has 0 radical (unpaired) electrons. The summed E-state index contributed by atoms with van der Waals surface area (Å²) in [4.78, 5) is 23.4. The number of hydrogen-bond acceptors (Lipinski definition) is 9. The Morgan fingerprint density at radius 1 is 1.24 bits per heavy atom. The van der Waals surface area contributed by atoms with Gasteiger partial charge in [0.1, 0.15) is 4.91 Å². The highest BCUT2D eigenvalue weighted by Gasteiger charge is 2.18. The lowest BCUT2D eigenvalue weighted by Crippen LogP contribution is -2.15. The Morgan fingerprint density at radius 3 is 2.62 bits per heavy atom. The standard InChI is InChI=1S/C22H18ClIN2O7S/c1-3-31-18(27)11-32-19-15(24)8-12(9-16(19)30-2)10-17(21(28)29)34-22-26-25-20(33-22)13-4-6-14(23)7-5-13/h4-10H,3,11H2,1-2H3,(H,28,29)/b17-10-. The molecule has 0 amide bonds. The van der Waals surface area contributed by atoms with Gasteiger partial charge in [-0.2, -0.15) is 0 Å². The molecule has 34 heavy (non-hydrogen) atoms. The lowest BCUT2D eigenvalue weighted by molar-refractivity contribution is -0.145. The van der Waals surface area contributed by atoms with Crippen LogP contribution < -0.4 is 9.47 Å². The number of halogens is 2. The summed E-state index contributed by atoms with van der Waals surface area (Å²) in [5, 5.41) is 18.2. The highest BCUT2D eigenvalue weighted by atomic mass is 127. The molecule has 0 aliphatic rings. The van der Waals surface area contributed by atoms with Crippen LogP contribution in [0.15, 0.2) is 50.9 Å². The van der Waals surface area contributed by atoms with Gasteiger partial charge in [0, 0.05) is 10.6 Å². The molecule has 12 heteroatoms. The van der Waals surface area contributed by atoms with Crippen molar-refractivity contribution in [2.45, 2.75) is 12.1 Å². The minimum atomic E-state index is -1.17. The topological polar surface area (TPSA) is 121 Å². The van der Waals surface area contributed by atoms with E-state index in [0.29, 0.717) is 31.2 Å². The lowest BCUT2D eigenvalue weighted by atomic mass is 10.2. The van der Waals surface area contributed by atoms with Crippen LogP contribution in [0.5, 0.6) is 11.5 Å². The number of carbonyl (C=O) groups is 2. The van der Waals surface area contributed by atoms with Crippen LogP contribution in [0.25, 0.3) is 17.5 Å². The van der Waals surface area contributed by atoms with Crippen molar-refractivity contribution in [2.24, 2.45) is 0 Å². The van der Waals surface area contributed by atoms with Gasteiger partial charge in [0.2, 0.25) is 5.89 Å². The van der Waals surface area contributed by atoms with Crippen LogP contribution in [0.2, 0.25) is 5.02 Å². The summed E-state index contributed by atoms with van der Waals surface area (Å²) >= 11 is 8.72. The van der Waals surface area contributed by atoms with Crippen molar-refractivity contribution in [1.29, 1.82) is 0 Å². The summed E-state index contributed by atoms with van der Waals surface area (Å²) in [6.45, 7) is 1.67. The van der Waals surface area contributed by atoms with Crippen molar-refractivity contribution in [3.05, 3.63) is 55.5 Å². The second kappa shape index (κ2) is 12.1. The average Bonchev–Trinajstić information content (AvgIpc) is 3.26. The molecule has 9 nitrogen and oxygen atoms in total. The second-order valence-electron chi connectivity index (χ2n) is 6.42. The van der Waals surface area contributed by atoms with Crippen molar-refractivity contribution in [3.8, 4) is 23.0 Å². The lowest BCUT2D eigenvalue weighted by Gasteiger charge is -2.13. The molecule has 0 aliphatic carbocycles. The Kier molecular flexibility index (Phi) is 9.19. The monoisotopic (exact) mass is 616 g/mol. The Labute approximate surface area is 217 Å². The van der Waals surface area contributed by atoms with Crippen LogP contribution in [0.1, 0.15) is 12.5 Å². The molecule has 0 atom stereocenters. The summed E-state index contributed by atoms with van der Waals surface area (Å²) < 4.78 is 22.0. The Morgan fingerprint density at radius 2 is 1.97 bits per heavy atom. The van der Waals surface area contributed by atoms with Crippen molar-refractivity contribution in [1.82, 2.24) is 10.2 Å². The zero-order valence-corrected chi connectivity index (χ0v) is 21.6. The number of esters is 1. The summed E-state index contributed by atoms with van der Waals surface area (Å²) in [5.41, 5.74) is 1.19. The number of ether oxygens (including phenoxy) is 3. The van der Waals surface area contributed by atoms with Crippen LogP contribution in [0, 0.1) is 3.57 Å². The van der Waals surface area contributed by atoms with E-state index in [1.54, 1.807) is 43.3 Å². The largest absolute Gasteiger partial charge is 0.493 e. The number of hydrogen-bond donors (Lipinski definition) is 1. The molecule has 3 aromatic rings. The number of benzene rings is 2. The molecular weight excluding hydrogens is 599 g/mol. The van der Waals surface area contributed by atoms with Gasteiger partial charge in [-0.05, 0) is 89.3 Å². The molecule has 0 aliphatic heterocycles. The molecule has 1 aromatic heterocycles. The Hall–Kier alpha value is -2.77. The van der Waals surface area contributed by atoms with Crippen molar-refractivity contribution < 1.29 is 33.3 Å². The molecule has 0 spiro atoms. The van der Waals surface area contributed by atoms with Gasteiger partial charge in [-0.15, -0.1) is 10.2 Å². The number of aromatic nitrogens is 2. The third-order valence-corrected chi connectivity index (χ3v) is 6.00. The highest BCUT2D eigenvalue weighted by molar-refractivity contribution is 14.1. The summed E-state index contributed by atoms with van der Waals surface area (Å²) in [5.74, 6) is -0.759. The Balaban J connectivity index is 1.82. The molecule has 0 bridgehead atoms. The zero-order valence-electron chi connectivity index (χ0n) is 17.9. The SMILES string of the molecule is CCOC(=O)COc1c(I)cc(/C=C(\Sc2nnc(-c3ccc(Cl)cc3)o2)C(=O)O)cc1OC. The minimum Gasteiger partial charge on any atom is -0.493 e. The number of carboxylic acids is 1. The van der Waals surface area contributed by atoms with Gasteiger partial charge >= 0.3 is 11.9 Å². The minimum absolute atomic E-state index is 0.0515. The fourth-order valence-electron chi connectivity index (χ4n) is 2.64. The third kappa shape index (κ3) is 6.87. The number of nitrogens with zero attached hydrogens (tertiary/aromatic N) is 2. The molecule has 0 fully saturated rings. The fourth-order valence-corrected chi connectivity index (χ4v) is 4.22. The average molecular weight is 617 g/mol. The summed E-state index contributed by atoms with van der Waals surface area (Å²) in [6.07, 6.45) is 1.44. The third-order valence-electron chi connectivity index (χ3n) is 4.09. The smallest absolute Gasteiger partial charge is 0.344 e. The van der Waals surface area contributed by atoms with E-state index < -0.39 is 11.9 Å². The molecule has 0 saturated carbocycles. The number of aliphatic carboxylic acids is 1. The number of carbonyl (C=O) groups excluding carboxylic acids is 1. The van der Waals surface area contributed by atoms with E-state index in [1.165, 1.54) is 13.2 Å². The fraction of sp³-hybridized carbons (Fsp3) is 0.182. The molecular formula is C22H18ClIN2O7S. The highest BCUT2D eigenvalue weighted by Crippen LogP contribution is 2.36. The summed E-state index contributed by atoms with van der Waals surface area (Å²) in [6, 6.07) is 10.1. The van der Waals surface area contributed by atoms with E-state index in [1.807, 2.05) is 22.6 Å². The number of thioether (sulfide) groups is 1. The van der Waals surface area contributed by atoms with Gasteiger partial charge in [-0.3, -0.25) is 0 Å². The van der Waals surface area contributed by atoms with Crippen molar-refractivity contribution >= 4 is 64.0 Å². The molecule has 3 rings (SSSR count). The van der Waals surface area contributed by atoms with E-state index in [0.717, 1.165) is 11.8 Å². The van der Waals surface area contributed by atoms with Gasteiger partial charge in [-0.1, -0.05) is 11.6 Å². The zero-order chi connectivity index (χ0) is 24.7. The first kappa shape index (κ1) is 25.8. The number of rotatable bonds is 10. The van der Waals surface area contributed by atoms with E-state index in [4.69, 9.17) is 30.2 Å². The van der Waals surface area contributed by atoms with Gasteiger partial charge in [-0.25, -0.2) is 9.59 Å². The Bertz CT molecular complexity index is 1210. The molecule has 2 aromatic carbocycles.